The summed E-state index contributed by atoms with van der Waals surface area (Å²) < 4.78 is 12.8. The van der Waals surface area contributed by atoms with Crippen LogP contribution in [0.25, 0.3) is 0 Å². The maximum atomic E-state index is 12.8. The molecule has 18 heavy (non-hydrogen) atoms. The van der Waals surface area contributed by atoms with Crippen LogP contribution in [0.3, 0.4) is 0 Å². The van der Waals surface area contributed by atoms with E-state index in [0.29, 0.717) is 10.8 Å². The van der Waals surface area contributed by atoms with Crippen molar-refractivity contribution in [3.63, 3.8) is 0 Å². The lowest BCUT2D eigenvalue weighted by molar-refractivity contribution is 0.621. The second-order valence-corrected chi connectivity index (χ2v) is 4.25. The zero-order chi connectivity index (χ0) is 13.1. The summed E-state index contributed by atoms with van der Waals surface area (Å²) in [4.78, 5) is 6.20. The second-order valence-electron chi connectivity index (χ2n) is 3.81. The summed E-state index contributed by atoms with van der Waals surface area (Å²) in [6.45, 7) is 0. The molecule has 1 aromatic carbocycles. The Kier molecular flexibility index (Phi) is 3.53. The molecular formula is C13H12FN3S. The second kappa shape index (κ2) is 5.10. The molecule has 0 fully saturated rings. The molecule has 2 N–H and O–H groups in total. The van der Waals surface area contributed by atoms with Crippen LogP contribution in [0.2, 0.25) is 0 Å². The van der Waals surface area contributed by atoms with Gasteiger partial charge in [0.1, 0.15) is 16.6 Å². The van der Waals surface area contributed by atoms with E-state index in [0.717, 1.165) is 11.3 Å². The summed E-state index contributed by atoms with van der Waals surface area (Å²) in [5, 5.41) is 0. The Bertz CT molecular complexity index is 569. The van der Waals surface area contributed by atoms with Gasteiger partial charge >= 0.3 is 0 Å². The molecule has 0 aliphatic carbocycles. The van der Waals surface area contributed by atoms with Crippen molar-refractivity contribution >= 4 is 28.7 Å². The normalized spacial score (nSPS) is 10.1. The lowest BCUT2D eigenvalue weighted by atomic mass is 10.2. The maximum absolute atomic E-state index is 12.8. The van der Waals surface area contributed by atoms with Gasteiger partial charge in [0, 0.05) is 18.3 Å². The molecule has 2 aromatic rings. The maximum Gasteiger partial charge on any atom is 0.141 e. The van der Waals surface area contributed by atoms with Crippen LogP contribution < -0.4 is 10.6 Å². The van der Waals surface area contributed by atoms with Crippen LogP contribution in [-0.2, 0) is 0 Å². The average molecular weight is 261 g/mol. The summed E-state index contributed by atoms with van der Waals surface area (Å²) in [6, 6.07) is 10.5. The minimum Gasteiger partial charge on any atom is -0.389 e. The molecule has 5 heteroatoms. The number of pyridine rings is 1. The van der Waals surface area contributed by atoms with Gasteiger partial charge in [0.05, 0.1) is 6.20 Å². The van der Waals surface area contributed by atoms with E-state index in [1.54, 1.807) is 6.07 Å². The van der Waals surface area contributed by atoms with Gasteiger partial charge in [-0.25, -0.2) is 9.37 Å². The van der Waals surface area contributed by atoms with Crippen LogP contribution in [-0.4, -0.2) is 17.0 Å². The highest BCUT2D eigenvalue weighted by molar-refractivity contribution is 7.80. The molecule has 0 radical (unpaired) electrons. The lowest BCUT2D eigenvalue weighted by Crippen LogP contribution is -2.14. The molecule has 0 amide bonds. The quantitative estimate of drug-likeness (QED) is 0.862. The molecule has 0 aliphatic rings. The van der Waals surface area contributed by atoms with Gasteiger partial charge in [0.15, 0.2) is 0 Å². The molecule has 0 bridgehead atoms. The summed E-state index contributed by atoms with van der Waals surface area (Å²) in [7, 11) is 1.85. The van der Waals surface area contributed by atoms with Crippen LogP contribution in [0, 0.1) is 5.82 Å². The Hall–Kier alpha value is -2.01. The summed E-state index contributed by atoms with van der Waals surface area (Å²) in [6.07, 6.45) is 1.18. The van der Waals surface area contributed by atoms with E-state index in [4.69, 9.17) is 18.0 Å². The number of thiocarbonyl (C=S) groups is 1. The number of nitrogens with zero attached hydrogens (tertiary/aromatic N) is 2. The van der Waals surface area contributed by atoms with Crippen LogP contribution >= 0.6 is 12.2 Å². The zero-order valence-electron chi connectivity index (χ0n) is 9.80. The van der Waals surface area contributed by atoms with Crippen LogP contribution in [0.4, 0.5) is 15.9 Å². The Morgan fingerprint density at radius 2 is 2.11 bits per heavy atom. The standard InChI is InChI=1S/C13H12FN3S/c1-17(12-6-5-10(14)8-16-12)11-4-2-3-9(7-11)13(15)18/h2-8H,1H3,(H2,15,18). The van der Waals surface area contributed by atoms with E-state index in [-0.39, 0.29) is 5.82 Å². The number of benzene rings is 1. The fourth-order valence-electron chi connectivity index (χ4n) is 1.57. The Labute approximate surface area is 110 Å². The van der Waals surface area contributed by atoms with Crippen molar-refractivity contribution in [3.8, 4) is 0 Å². The molecule has 0 spiro atoms. The molecule has 0 saturated heterocycles. The van der Waals surface area contributed by atoms with Crippen molar-refractivity contribution < 1.29 is 4.39 Å². The van der Waals surface area contributed by atoms with E-state index < -0.39 is 0 Å². The molecule has 2 rings (SSSR count). The van der Waals surface area contributed by atoms with Crippen molar-refractivity contribution in [1.29, 1.82) is 0 Å². The predicted molar refractivity (Wildman–Crippen MR) is 74.6 cm³/mol. The van der Waals surface area contributed by atoms with Crippen molar-refractivity contribution in [3.05, 3.63) is 54.0 Å². The third-order valence-corrected chi connectivity index (χ3v) is 2.81. The fourth-order valence-corrected chi connectivity index (χ4v) is 1.69. The van der Waals surface area contributed by atoms with Crippen molar-refractivity contribution in [2.24, 2.45) is 5.73 Å². The van der Waals surface area contributed by atoms with Gasteiger partial charge in [-0.3, -0.25) is 0 Å². The van der Waals surface area contributed by atoms with Gasteiger partial charge in [0.2, 0.25) is 0 Å². The van der Waals surface area contributed by atoms with Crippen molar-refractivity contribution in [1.82, 2.24) is 4.98 Å². The highest BCUT2D eigenvalue weighted by atomic mass is 32.1. The van der Waals surface area contributed by atoms with Gasteiger partial charge in [-0.05, 0) is 24.3 Å². The first kappa shape index (κ1) is 12.4. The summed E-state index contributed by atoms with van der Waals surface area (Å²) >= 11 is 4.94. The van der Waals surface area contributed by atoms with E-state index in [2.05, 4.69) is 4.98 Å². The number of anilines is 2. The molecule has 1 heterocycles. The number of aromatic nitrogens is 1. The van der Waals surface area contributed by atoms with Gasteiger partial charge < -0.3 is 10.6 Å². The monoisotopic (exact) mass is 261 g/mol. The number of nitrogens with two attached hydrogens (primary N) is 1. The Balaban J connectivity index is 2.33. The van der Waals surface area contributed by atoms with Gasteiger partial charge in [0.25, 0.3) is 0 Å². The topological polar surface area (TPSA) is 42.1 Å². The highest BCUT2D eigenvalue weighted by Gasteiger charge is 2.06. The van der Waals surface area contributed by atoms with E-state index in [1.807, 2.05) is 36.2 Å². The molecule has 0 saturated carbocycles. The molecule has 0 atom stereocenters. The molecule has 0 aliphatic heterocycles. The minimum atomic E-state index is -0.357. The van der Waals surface area contributed by atoms with Gasteiger partial charge in [-0.2, -0.15) is 0 Å². The van der Waals surface area contributed by atoms with Gasteiger partial charge in [-0.15, -0.1) is 0 Å². The number of halogens is 1. The number of hydrogen-bond donors (Lipinski definition) is 1. The third-order valence-electron chi connectivity index (χ3n) is 2.57. The first-order chi connectivity index (χ1) is 8.58. The number of hydrogen-bond acceptors (Lipinski definition) is 3. The molecule has 0 unspecified atom stereocenters. The van der Waals surface area contributed by atoms with E-state index in [1.165, 1.54) is 12.3 Å². The number of rotatable bonds is 3. The lowest BCUT2D eigenvalue weighted by Gasteiger charge is -2.18. The molecule has 3 nitrogen and oxygen atoms in total. The molecule has 92 valence electrons. The molecular weight excluding hydrogens is 249 g/mol. The van der Waals surface area contributed by atoms with Crippen LogP contribution in [0.1, 0.15) is 5.56 Å². The van der Waals surface area contributed by atoms with Crippen LogP contribution in [0.15, 0.2) is 42.6 Å². The SMILES string of the molecule is CN(c1cccc(C(N)=S)c1)c1ccc(F)cn1. The zero-order valence-corrected chi connectivity index (χ0v) is 10.6. The van der Waals surface area contributed by atoms with E-state index >= 15 is 0 Å². The average Bonchev–Trinajstić information content (AvgIpc) is 2.39. The van der Waals surface area contributed by atoms with Gasteiger partial charge in [-0.1, -0.05) is 24.4 Å². The molecule has 1 aromatic heterocycles. The Morgan fingerprint density at radius 1 is 1.33 bits per heavy atom. The fraction of sp³-hybridized carbons (Fsp3) is 0.0769. The van der Waals surface area contributed by atoms with E-state index in [9.17, 15) is 4.39 Å². The highest BCUT2D eigenvalue weighted by Crippen LogP contribution is 2.22. The van der Waals surface area contributed by atoms with Crippen LogP contribution in [0.5, 0.6) is 0 Å². The Morgan fingerprint density at radius 3 is 2.72 bits per heavy atom. The first-order valence-electron chi connectivity index (χ1n) is 5.33. The third kappa shape index (κ3) is 2.62. The predicted octanol–water partition coefficient (Wildman–Crippen LogP) is 2.62. The summed E-state index contributed by atoms with van der Waals surface area (Å²) in [5.74, 6) is 0.292. The largest absolute Gasteiger partial charge is 0.389 e. The van der Waals surface area contributed by atoms with Crippen molar-refractivity contribution in [2.75, 3.05) is 11.9 Å². The summed E-state index contributed by atoms with van der Waals surface area (Å²) in [5.41, 5.74) is 7.27. The smallest absolute Gasteiger partial charge is 0.141 e. The minimum absolute atomic E-state index is 0.345. The van der Waals surface area contributed by atoms with Crippen molar-refractivity contribution in [2.45, 2.75) is 0 Å². The first-order valence-corrected chi connectivity index (χ1v) is 5.74.